The minimum absolute atomic E-state index is 0.153. The van der Waals surface area contributed by atoms with E-state index in [4.69, 9.17) is 0 Å². The van der Waals surface area contributed by atoms with Crippen LogP contribution in [0, 0.1) is 13.8 Å². The molecule has 0 radical (unpaired) electrons. The van der Waals surface area contributed by atoms with Gasteiger partial charge in [-0.2, -0.15) is 0 Å². The molecule has 0 amide bonds. The molecule has 2 N–H and O–H groups in total. The summed E-state index contributed by atoms with van der Waals surface area (Å²) >= 11 is 0. The number of benzene rings is 1. The number of nitrogens with one attached hydrogen (secondary N) is 1. The van der Waals surface area contributed by atoms with Crippen molar-refractivity contribution in [2.24, 2.45) is 0 Å². The molecule has 0 aliphatic rings. The maximum atomic E-state index is 12.0. The van der Waals surface area contributed by atoms with Crippen LogP contribution in [0.25, 0.3) is 10.9 Å². The number of hydrogen-bond donors (Lipinski definition) is 2. The van der Waals surface area contributed by atoms with Crippen LogP contribution in [0.2, 0.25) is 0 Å². The van der Waals surface area contributed by atoms with Crippen LogP contribution in [0.5, 0.6) is 5.75 Å². The molecule has 1 aromatic heterocycles. The second-order valence-electron chi connectivity index (χ2n) is 4.89. The number of unbranched alkanes of at least 4 members (excludes halogenated alkanes) is 1. The molecule has 1 heterocycles. The molecule has 0 saturated carbocycles. The minimum atomic E-state index is -0.168. The van der Waals surface area contributed by atoms with Crippen LogP contribution in [0.3, 0.4) is 0 Å². The summed E-state index contributed by atoms with van der Waals surface area (Å²) in [7, 11) is 0. The lowest BCUT2D eigenvalue weighted by molar-refractivity contribution is 0.471. The van der Waals surface area contributed by atoms with Crippen molar-refractivity contribution >= 4 is 10.9 Å². The van der Waals surface area contributed by atoms with Crippen LogP contribution < -0.4 is 5.56 Å². The highest BCUT2D eigenvalue weighted by Gasteiger charge is 2.13. The fourth-order valence-electron chi connectivity index (χ4n) is 2.42. The van der Waals surface area contributed by atoms with E-state index in [9.17, 15) is 9.90 Å². The van der Waals surface area contributed by atoms with E-state index in [1.165, 1.54) is 0 Å². The number of hydrogen-bond acceptors (Lipinski definition) is 2. The lowest BCUT2D eigenvalue weighted by Gasteiger charge is -2.10. The van der Waals surface area contributed by atoms with Gasteiger partial charge in [-0.3, -0.25) is 4.79 Å². The summed E-state index contributed by atoms with van der Waals surface area (Å²) in [5, 5.41) is 11.1. The number of rotatable bonds is 3. The lowest BCUT2D eigenvalue weighted by atomic mass is 10.0. The summed E-state index contributed by atoms with van der Waals surface area (Å²) in [6.07, 6.45) is 2.54. The topological polar surface area (TPSA) is 53.1 Å². The lowest BCUT2D eigenvalue weighted by Crippen LogP contribution is -2.13. The Morgan fingerprint density at radius 1 is 1.28 bits per heavy atom. The third kappa shape index (κ3) is 2.13. The molecule has 0 saturated heterocycles. The van der Waals surface area contributed by atoms with Gasteiger partial charge < -0.3 is 10.1 Å². The summed E-state index contributed by atoms with van der Waals surface area (Å²) < 4.78 is 0. The molecule has 0 fully saturated rings. The summed E-state index contributed by atoms with van der Waals surface area (Å²) in [5.74, 6) is 0.153. The number of H-pyrrole nitrogens is 1. The van der Waals surface area contributed by atoms with Gasteiger partial charge in [0.05, 0.1) is 11.1 Å². The Labute approximate surface area is 106 Å². The molecule has 0 bridgehead atoms. The molecular formula is C15H19NO2. The van der Waals surface area contributed by atoms with Gasteiger partial charge >= 0.3 is 0 Å². The first-order chi connectivity index (χ1) is 8.54. The van der Waals surface area contributed by atoms with E-state index < -0.39 is 0 Å². The smallest absolute Gasteiger partial charge is 0.255 e. The number of aromatic hydroxyl groups is 1. The predicted molar refractivity (Wildman–Crippen MR) is 74.3 cm³/mol. The Balaban J connectivity index is 2.73. The standard InChI is InChI=1S/C15H19NO2/c1-4-5-6-11-14(17)13-10(3)7-9(2)8-12(13)16-15(11)18/h7-8H,4-6H2,1-3H3,(H2,16,17,18). The van der Waals surface area contributed by atoms with E-state index >= 15 is 0 Å². The zero-order valence-electron chi connectivity index (χ0n) is 11.1. The Morgan fingerprint density at radius 2 is 2.00 bits per heavy atom. The van der Waals surface area contributed by atoms with Crippen molar-refractivity contribution in [3.05, 3.63) is 39.2 Å². The number of aromatic amines is 1. The van der Waals surface area contributed by atoms with Gasteiger partial charge in [-0.25, -0.2) is 0 Å². The van der Waals surface area contributed by atoms with Gasteiger partial charge in [0.25, 0.3) is 5.56 Å². The molecule has 3 heteroatoms. The van der Waals surface area contributed by atoms with Gasteiger partial charge in [-0.15, -0.1) is 0 Å². The van der Waals surface area contributed by atoms with Gasteiger partial charge in [0.15, 0.2) is 0 Å². The summed E-state index contributed by atoms with van der Waals surface area (Å²) in [6, 6.07) is 3.91. The first kappa shape index (κ1) is 12.7. The first-order valence-corrected chi connectivity index (χ1v) is 6.39. The quantitative estimate of drug-likeness (QED) is 0.872. The second kappa shape index (κ2) is 4.84. The van der Waals surface area contributed by atoms with Crippen LogP contribution in [0.15, 0.2) is 16.9 Å². The van der Waals surface area contributed by atoms with Gasteiger partial charge in [0.1, 0.15) is 5.75 Å². The van der Waals surface area contributed by atoms with Crippen LogP contribution in [-0.2, 0) is 6.42 Å². The van der Waals surface area contributed by atoms with E-state index in [1.807, 2.05) is 26.0 Å². The van der Waals surface area contributed by atoms with Crippen LogP contribution in [-0.4, -0.2) is 10.1 Å². The SMILES string of the molecule is CCCCc1c(O)c2c(C)cc(C)cc2[nH]c1=O. The predicted octanol–water partition coefficient (Wildman–Crippen LogP) is 3.19. The summed E-state index contributed by atoms with van der Waals surface area (Å²) in [4.78, 5) is 14.8. The molecule has 0 aliphatic carbocycles. The molecule has 2 rings (SSSR count). The van der Waals surface area contributed by atoms with E-state index in [0.717, 1.165) is 34.9 Å². The van der Waals surface area contributed by atoms with Crippen molar-refractivity contribution in [3.8, 4) is 5.75 Å². The maximum absolute atomic E-state index is 12.0. The minimum Gasteiger partial charge on any atom is -0.507 e. The molecule has 3 nitrogen and oxygen atoms in total. The number of pyridine rings is 1. The van der Waals surface area contributed by atoms with Crippen molar-refractivity contribution in [2.75, 3.05) is 0 Å². The summed E-state index contributed by atoms with van der Waals surface area (Å²) in [6.45, 7) is 6.00. The normalized spacial score (nSPS) is 11.1. The zero-order chi connectivity index (χ0) is 13.3. The van der Waals surface area contributed by atoms with Crippen molar-refractivity contribution in [1.29, 1.82) is 0 Å². The van der Waals surface area contributed by atoms with Crippen LogP contribution in [0.4, 0.5) is 0 Å². The van der Waals surface area contributed by atoms with Crippen LogP contribution >= 0.6 is 0 Å². The van der Waals surface area contributed by atoms with Crippen LogP contribution in [0.1, 0.15) is 36.5 Å². The Kier molecular flexibility index (Phi) is 3.41. The summed E-state index contributed by atoms with van der Waals surface area (Å²) in [5.41, 5.74) is 3.14. The Hall–Kier alpha value is -1.77. The highest BCUT2D eigenvalue weighted by atomic mass is 16.3. The third-order valence-corrected chi connectivity index (χ3v) is 3.31. The third-order valence-electron chi connectivity index (χ3n) is 3.31. The number of aryl methyl sites for hydroxylation is 2. The van der Waals surface area contributed by atoms with Gasteiger partial charge in [-0.1, -0.05) is 19.4 Å². The van der Waals surface area contributed by atoms with Crippen molar-refractivity contribution in [1.82, 2.24) is 4.98 Å². The van der Waals surface area contributed by atoms with Gasteiger partial charge in [0.2, 0.25) is 0 Å². The highest BCUT2D eigenvalue weighted by Crippen LogP contribution is 2.29. The number of aromatic nitrogens is 1. The highest BCUT2D eigenvalue weighted by molar-refractivity contribution is 5.89. The van der Waals surface area contributed by atoms with E-state index in [2.05, 4.69) is 11.9 Å². The first-order valence-electron chi connectivity index (χ1n) is 6.39. The van der Waals surface area contributed by atoms with Crippen molar-refractivity contribution in [2.45, 2.75) is 40.0 Å². The maximum Gasteiger partial charge on any atom is 0.255 e. The molecular weight excluding hydrogens is 226 g/mol. The van der Waals surface area contributed by atoms with E-state index in [-0.39, 0.29) is 11.3 Å². The molecule has 0 atom stereocenters. The molecule has 0 aliphatic heterocycles. The fraction of sp³-hybridized carbons (Fsp3) is 0.400. The molecule has 2 aromatic rings. The van der Waals surface area contributed by atoms with E-state index in [1.54, 1.807) is 0 Å². The monoisotopic (exact) mass is 245 g/mol. The fourth-order valence-corrected chi connectivity index (χ4v) is 2.42. The average Bonchev–Trinajstić information content (AvgIpc) is 2.27. The molecule has 1 aromatic carbocycles. The largest absolute Gasteiger partial charge is 0.507 e. The van der Waals surface area contributed by atoms with Gasteiger partial charge in [0, 0.05) is 5.39 Å². The Bertz CT molecular complexity index is 641. The number of fused-ring (bicyclic) bond motifs is 1. The Morgan fingerprint density at radius 3 is 2.67 bits per heavy atom. The zero-order valence-corrected chi connectivity index (χ0v) is 11.1. The van der Waals surface area contributed by atoms with Gasteiger partial charge in [-0.05, 0) is 43.9 Å². The molecule has 0 spiro atoms. The van der Waals surface area contributed by atoms with Crippen molar-refractivity contribution < 1.29 is 5.11 Å². The molecule has 18 heavy (non-hydrogen) atoms. The molecule has 96 valence electrons. The second-order valence-corrected chi connectivity index (χ2v) is 4.89. The molecule has 0 unspecified atom stereocenters. The average molecular weight is 245 g/mol. The van der Waals surface area contributed by atoms with E-state index in [0.29, 0.717) is 12.0 Å². The van der Waals surface area contributed by atoms with Crippen molar-refractivity contribution in [3.63, 3.8) is 0 Å².